The molecule has 0 aliphatic heterocycles. The van der Waals surface area contributed by atoms with Gasteiger partial charge >= 0.3 is 0 Å². The Kier molecular flexibility index (Phi) is 7.07. The maximum atomic E-state index is 13.9. The van der Waals surface area contributed by atoms with E-state index in [2.05, 4.69) is 5.32 Å². The van der Waals surface area contributed by atoms with Crippen LogP contribution in [0.25, 0.3) is 0 Å². The summed E-state index contributed by atoms with van der Waals surface area (Å²) in [5, 5.41) is 2.86. The molecule has 0 bridgehead atoms. The van der Waals surface area contributed by atoms with Gasteiger partial charge in [0.15, 0.2) is 23.4 Å². The zero-order valence-corrected chi connectivity index (χ0v) is 16.1. The molecule has 0 saturated carbocycles. The highest BCUT2D eigenvalue weighted by Gasteiger charge is 2.24. The van der Waals surface area contributed by atoms with Crippen LogP contribution in [0.3, 0.4) is 0 Å². The number of amides is 1. The van der Waals surface area contributed by atoms with Gasteiger partial charge in [0, 0.05) is 16.8 Å². The van der Waals surface area contributed by atoms with Crippen LogP contribution in [-0.4, -0.2) is 31.4 Å². The number of likely N-dealkylation sites (N-methyl/N-ethyl adjacent to an activating group) is 1. The van der Waals surface area contributed by atoms with Gasteiger partial charge in [0.05, 0.1) is 13.7 Å². The molecule has 0 radical (unpaired) electrons. The lowest BCUT2D eigenvalue weighted by molar-refractivity contribution is -0.925. The Labute approximate surface area is 159 Å². The predicted molar refractivity (Wildman–Crippen MR) is 103 cm³/mol. The number of methoxy groups -OCH3 is 1. The SMILES string of the molecule is CC[NH+](Cc1ccc(OC)c(F)c1)[C@@H](C)C(=O)Nc1cccc(C(C)=O)c1. The number of Topliss-reactive ketones (excluding diaryl/α,β-unsaturated/α-hetero) is 1. The summed E-state index contributed by atoms with van der Waals surface area (Å²) in [7, 11) is 1.43. The largest absolute Gasteiger partial charge is 0.494 e. The highest BCUT2D eigenvalue weighted by molar-refractivity contribution is 5.97. The first-order valence-electron chi connectivity index (χ1n) is 8.94. The smallest absolute Gasteiger partial charge is 0.282 e. The lowest BCUT2D eigenvalue weighted by atomic mass is 10.1. The Morgan fingerprint density at radius 3 is 2.56 bits per heavy atom. The maximum Gasteiger partial charge on any atom is 0.282 e. The van der Waals surface area contributed by atoms with Crippen LogP contribution in [0, 0.1) is 5.82 Å². The van der Waals surface area contributed by atoms with Crippen molar-refractivity contribution in [2.24, 2.45) is 0 Å². The number of carbonyl (C=O) groups is 2. The van der Waals surface area contributed by atoms with Crippen molar-refractivity contribution in [3.05, 3.63) is 59.4 Å². The lowest BCUT2D eigenvalue weighted by Crippen LogP contribution is -3.15. The fourth-order valence-corrected chi connectivity index (χ4v) is 2.92. The first kappa shape index (κ1) is 20.6. The van der Waals surface area contributed by atoms with Crippen LogP contribution in [-0.2, 0) is 11.3 Å². The maximum absolute atomic E-state index is 13.9. The molecule has 27 heavy (non-hydrogen) atoms. The Balaban J connectivity index is 2.08. The molecule has 1 unspecified atom stereocenters. The topological polar surface area (TPSA) is 59.8 Å². The monoisotopic (exact) mass is 373 g/mol. The normalized spacial score (nSPS) is 12.9. The van der Waals surface area contributed by atoms with E-state index in [0.717, 1.165) is 10.5 Å². The van der Waals surface area contributed by atoms with Crippen LogP contribution >= 0.6 is 0 Å². The Morgan fingerprint density at radius 1 is 1.22 bits per heavy atom. The standard InChI is InChI=1S/C21H25FN2O3/c1-5-24(13-16-9-10-20(27-4)19(22)11-16)14(2)21(26)23-18-8-6-7-17(12-18)15(3)25/h6-12,14H,5,13H2,1-4H3,(H,23,26)/p+1/t14-/m0/s1. The number of ether oxygens (including phenoxy) is 1. The van der Waals surface area contributed by atoms with E-state index in [1.165, 1.54) is 20.1 Å². The van der Waals surface area contributed by atoms with E-state index in [-0.39, 0.29) is 23.5 Å². The minimum atomic E-state index is -0.413. The number of halogens is 1. The van der Waals surface area contributed by atoms with Gasteiger partial charge in [-0.3, -0.25) is 9.59 Å². The van der Waals surface area contributed by atoms with E-state index < -0.39 is 5.82 Å². The Hall–Kier alpha value is -2.73. The summed E-state index contributed by atoms with van der Waals surface area (Å²) < 4.78 is 18.9. The number of hydrogen-bond acceptors (Lipinski definition) is 3. The molecule has 0 fully saturated rings. The number of nitrogens with one attached hydrogen (secondary N) is 2. The number of benzene rings is 2. The highest BCUT2D eigenvalue weighted by Crippen LogP contribution is 2.17. The fourth-order valence-electron chi connectivity index (χ4n) is 2.92. The predicted octanol–water partition coefficient (Wildman–Crippen LogP) is 2.47. The van der Waals surface area contributed by atoms with Crippen LogP contribution in [0.1, 0.15) is 36.7 Å². The van der Waals surface area contributed by atoms with Crippen molar-refractivity contribution in [3.63, 3.8) is 0 Å². The number of quaternary nitrogens is 1. The zero-order valence-electron chi connectivity index (χ0n) is 16.1. The number of anilines is 1. The molecule has 0 saturated heterocycles. The summed E-state index contributed by atoms with van der Waals surface area (Å²) in [5.74, 6) is -0.417. The van der Waals surface area contributed by atoms with E-state index in [0.29, 0.717) is 24.3 Å². The molecule has 1 amide bonds. The molecule has 144 valence electrons. The van der Waals surface area contributed by atoms with E-state index in [1.54, 1.807) is 36.4 Å². The molecule has 2 aromatic rings. The number of rotatable bonds is 8. The molecular formula is C21H26FN2O3+. The number of hydrogen-bond donors (Lipinski definition) is 2. The van der Waals surface area contributed by atoms with Gasteiger partial charge in [0.1, 0.15) is 6.54 Å². The number of carbonyl (C=O) groups excluding carboxylic acids is 2. The molecule has 0 spiro atoms. The minimum absolute atomic E-state index is 0.0542. The van der Waals surface area contributed by atoms with Crippen LogP contribution in [0.4, 0.5) is 10.1 Å². The number of ketones is 1. The van der Waals surface area contributed by atoms with Crippen LogP contribution in [0.2, 0.25) is 0 Å². The molecule has 0 aliphatic carbocycles. The van der Waals surface area contributed by atoms with Crippen molar-refractivity contribution < 1.29 is 23.6 Å². The van der Waals surface area contributed by atoms with Crippen molar-refractivity contribution in [1.29, 1.82) is 0 Å². The molecule has 6 heteroatoms. The van der Waals surface area contributed by atoms with Crippen LogP contribution in [0.15, 0.2) is 42.5 Å². The Bertz CT molecular complexity index is 823. The first-order chi connectivity index (χ1) is 12.8. The molecule has 2 aromatic carbocycles. The van der Waals surface area contributed by atoms with Crippen molar-refractivity contribution in [2.75, 3.05) is 19.0 Å². The van der Waals surface area contributed by atoms with Crippen LogP contribution in [0.5, 0.6) is 5.75 Å². The average molecular weight is 373 g/mol. The quantitative estimate of drug-likeness (QED) is 0.699. The van der Waals surface area contributed by atoms with E-state index in [4.69, 9.17) is 4.74 Å². The molecule has 2 N–H and O–H groups in total. The molecule has 0 aliphatic rings. The highest BCUT2D eigenvalue weighted by atomic mass is 19.1. The fraction of sp³-hybridized carbons (Fsp3) is 0.333. The summed E-state index contributed by atoms with van der Waals surface area (Å²) in [4.78, 5) is 25.1. The van der Waals surface area contributed by atoms with Gasteiger partial charge in [-0.1, -0.05) is 12.1 Å². The molecule has 2 atom stereocenters. The summed E-state index contributed by atoms with van der Waals surface area (Å²) >= 11 is 0. The van der Waals surface area contributed by atoms with Crippen LogP contribution < -0.4 is 15.0 Å². The second kappa shape index (κ2) is 9.28. The van der Waals surface area contributed by atoms with Crippen molar-refractivity contribution >= 4 is 17.4 Å². The molecular weight excluding hydrogens is 347 g/mol. The van der Waals surface area contributed by atoms with Crippen molar-refractivity contribution in [3.8, 4) is 5.75 Å². The summed E-state index contributed by atoms with van der Waals surface area (Å²) in [5.41, 5.74) is 1.93. The van der Waals surface area contributed by atoms with Gasteiger partial charge in [0.2, 0.25) is 0 Å². The average Bonchev–Trinajstić information content (AvgIpc) is 2.65. The van der Waals surface area contributed by atoms with Gasteiger partial charge < -0.3 is 15.0 Å². The van der Waals surface area contributed by atoms with E-state index >= 15 is 0 Å². The first-order valence-corrected chi connectivity index (χ1v) is 8.94. The van der Waals surface area contributed by atoms with Gasteiger partial charge in [-0.05, 0) is 51.1 Å². The molecule has 0 aromatic heterocycles. The molecule has 0 heterocycles. The third-order valence-electron chi connectivity index (χ3n) is 4.64. The lowest BCUT2D eigenvalue weighted by Gasteiger charge is -2.24. The second-order valence-corrected chi connectivity index (χ2v) is 6.51. The van der Waals surface area contributed by atoms with Gasteiger partial charge in [-0.15, -0.1) is 0 Å². The molecule has 5 nitrogen and oxygen atoms in total. The summed E-state index contributed by atoms with van der Waals surface area (Å²) in [6.07, 6.45) is 0. The second-order valence-electron chi connectivity index (χ2n) is 6.51. The summed E-state index contributed by atoms with van der Waals surface area (Å²) in [6.45, 7) is 6.52. The van der Waals surface area contributed by atoms with Gasteiger partial charge in [0.25, 0.3) is 5.91 Å². The minimum Gasteiger partial charge on any atom is -0.494 e. The third kappa shape index (κ3) is 5.37. The van der Waals surface area contributed by atoms with E-state index in [1.807, 2.05) is 13.8 Å². The van der Waals surface area contributed by atoms with Gasteiger partial charge in [-0.25, -0.2) is 4.39 Å². The Morgan fingerprint density at radius 2 is 1.96 bits per heavy atom. The summed E-state index contributed by atoms with van der Waals surface area (Å²) in [6, 6.07) is 11.4. The molecule has 2 rings (SSSR count). The van der Waals surface area contributed by atoms with Gasteiger partial charge in [-0.2, -0.15) is 0 Å². The van der Waals surface area contributed by atoms with Crippen molar-refractivity contribution in [2.45, 2.75) is 33.4 Å². The zero-order chi connectivity index (χ0) is 20.0. The van der Waals surface area contributed by atoms with Crippen molar-refractivity contribution in [1.82, 2.24) is 0 Å². The van der Waals surface area contributed by atoms with E-state index in [9.17, 15) is 14.0 Å². The third-order valence-corrected chi connectivity index (χ3v) is 4.64.